The van der Waals surface area contributed by atoms with Crippen molar-refractivity contribution in [3.05, 3.63) is 11.5 Å². The van der Waals surface area contributed by atoms with Gasteiger partial charge in [0.15, 0.2) is 0 Å². The normalized spacial score (nSPS) is 21.5. The summed E-state index contributed by atoms with van der Waals surface area (Å²) in [7, 11) is -3.95. The minimum atomic E-state index is -3.95. The Morgan fingerprint density at radius 1 is 1.73 bits per heavy atom. The minimum absolute atomic E-state index is 0.392. The summed E-state index contributed by atoms with van der Waals surface area (Å²) in [6.45, 7) is 0. The summed E-state index contributed by atoms with van der Waals surface area (Å²) in [4.78, 5) is 20.7. The van der Waals surface area contributed by atoms with Gasteiger partial charge in [-0.15, -0.1) is 0 Å². The molecule has 1 rings (SSSR count). The molecule has 6 heteroatoms. The molecule has 0 aromatic rings. The molecule has 0 amide bonds. The summed E-state index contributed by atoms with van der Waals surface area (Å²) >= 11 is 1.41. The lowest BCUT2D eigenvalue weighted by atomic mass is 10.5. The van der Waals surface area contributed by atoms with Gasteiger partial charge in [0.2, 0.25) is 0 Å². The zero-order chi connectivity index (χ0) is 8.32. The molecule has 0 unspecified atom stereocenters. The molecular weight excluding hydrogens is 185 g/mol. The van der Waals surface area contributed by atoms with Crippen molar-refractivity contribution in [1.29, 1.82) is 0 Å². The van der Waals surface area contributed by atoms with Gasteiger partial charge in [-0.25, -0.2) is 0 Å². The summed E-state index contributed by atoms with van der Waals surface area (Å²) in [6.07, 6.45) is 2.21. The maximum absolute atomic E-state index is 10.3. The van der Waals surface area contributed by atoms with Crippen molar-refractivity contribution in [2.75, 3.05) is 6.29 Å². The third-order valence-corrected chi connectivity index (χ3v) is 2.43. The maximum Gasteiger partial charge on any atom is 0.346 e. The summed E-state index contributed by atoms with van der Waals surface area (Å²) in [5, 5.41) is 2.63. The Morgan fingerprint density at radius 2 is 2.45 bits per heavy atom. The molecule has 2 N–H and O–H groups in total. The molecule has 0 atom stereocenters. The molecule has 62 valence electrons. The minimum Gasteiger partial charge on any atom is -0.323 e. The van der Waals surface area contributed by atoms with Crippen LogP contribution in [0.25, 0.3) is 0 Å². The van der Waals surface area contributed by atoms with Gasteiger partial charge in [-0.2, -0.15) is 0 Å². The second kappa shape index (κ2) is 3.54. The Labute approximate surface area is 68.6 Å². The van der Waals surface area contributed by atoms with Gasteiger partial charge in [0, 0.05) is 6.42 Å². The fraction of sp³-hybridized carbons (Fsp3) is 0.400. The molecule has 0 aliphatic carbocycles. The first kappa shape index (κ1) is 9.00. The summed E-state index contributed by atoms with van der Waals surface area (Å²) in [6, 6.07) is 0. The van der Waals surface area contributed by atoms with E-state index in [1.807, 2.05) is 11.5 Å². The number of nitrogens with zero attached hydrogens (tertiary/aromatic N) is 1. The van der Waals surface area contributed by atoms with Crippen molar-refractivity contribution < 1.29 is 14.4 Å². The van der Waals surface area contributed by atoms with Gasteiger partial charge >= 0.3 is 7.60 Å². The van der Waals surface area contributed by atoms with Crippen LogP contribution >= 0.6 is 19.4 Å². The Kier molecular flexibility index (Phi) is 2.90. The fourth-order valence-corrected chi connectivity index (χ4v) is 1.73. The zero-order valence-electron chi connectivity index (χ0n) is 5.67. The SMILES string of the molecule is O=P(O)(O)CN=C1CC=CS1. The van der Waals surface area contributed by atoms with Crippen LogP contribution in [0.3, 0.4) is 0 Å². The highest BCUT2D eigenvalue weighted by Crippen LogP contribution is 2.35. The Balaban J connectivity index is 2.42. The summed E-state index contributed by atoms with van der Waals surface area (Å²) in [5.41, 5.74) is 0. The van der Waals surface area contributed by atoms with Gasteiger partial charge in [0.1, 0.15) is 6.29 Å². The Bertz CT molecular complexity index is 234. The van der Waals surface area contributed by atoms with Crippen LogP contribution in [0, 0.1) is 0 Å². The molecule has 0 saturated heterocycles. The number of hydrogen-bond acceptors (Lipinski definition) is 3. The van der Waals surface area contributed by atoms with Crippen LogP contribution in [0.4, 0.5) is 0 Å². The standard InChI is InChI=1S/C5H8NO3PS/c7-10(8,9)4-6-5-2-1-3-11-5/h1,3H,2,4H2,(H2,7,8,9). The monoisotopic (exact) mass is 193 g/mol. The van der Waals surface area contributed by atoms with Gasteiger partial charge in [0.05, 0.1) is 5.04 Å². The van der Waals surface area contributed by atoms with Crippen molar-refractivity contribution in [2.45, 2.75) is 6.42 Å². The molecule has 11 heavy (non-hydrogen) atoms. The van der Waals surface area contributed by atoms with Crippen molar-refractivity contribution in [1.82, 2.24) is 0 Å². The largest absolute Gasteiger partial charge is 0.346 e. The second-order valence-corrected chi connectivity index (χ2v) is 4.64. The van der Waals surface area contributed by atoms with E-state index in [-0.39, 0.29) is 0 Å². The third-order valence-electron chi connectivity index (χ3n) is 1.02. The lowest BCUT2D eigenvalue weighted by molar-refractivity contribution is 0.374. The van der Waals surface area contributed by atoms with Crippen LogP contribution in [0.1, 0.15) is 6.42 Å². The molecule has 1 heterocycles. The van der Waals surface area contributed by atoms with Crippen LogP contribution < -0.4 is 0 Å². The number of allylic oxidation sites excluding steroid dienone is 1. The molecule has 0 fully saturated rings. The van der Waals surface area contributed by atoms with E-state index >= 15 is 0 Å². The van der Waals surface area contributed by atoms with Crippen LogP contribution in [0.5, 0.6) is 0 Å². The van der Waals surface area contributed by atoms with Crippen LogP contribution in [0.2, 0.25) is 0 Å². The van der Waals surface area contributed by atoms with Gasteiger partial charge in [-0.1, -0.05) is 17.8 Å². The molecule has 0 spiro atoms. The van der Waals surface area contributed by atoms with E-state index in [1.165, 1.54) is 11.8 Å². The maximum atomic E-state index is 10.3. The smallest absolute Gasteiger partial charge is 0.323 e. The van der Waals surface area contributed by atoms with E-state index in [9.17, 15) is 4.57 Å². The lowest BCUT2D eigenvalue weighted by Crippen LogP contribution is -1.89. The van der Waals surface area contributed by atoms with Crippen molar-refractivity contribution in [3.63, 3.8) is 0 Å². The molecule has 0 saturated carbocycles. The first-order chi connectivity index (χ1) is 5.08. The van der Waals surface area contributed by atoms with E-state index in [1.54, 1.807) is 0 Å². The number of rotatable bonds is 2. The predicted molar refractivity (Wildman–Crippen MR) is 45.7 cm³/mol. The summed E-state index contributed by atoms with van der Waals surface area (Å²) in [5.74, 6) is 0. The van der Waals surface area contributed by atoms with Crippen LogP contribution in [-0.2, 0) is 4.57 Å². The predicted octanol–water partition coefficient (Wildman–Crippen LogP) is 1.17. The van der Waals surface area contributed by atoms with Crippen molar-refractivity contribution in [2.24, 2.45) is 4.99 Å². The zero-order valence-corrected chi connectivity index (χ0v) is 7.39. The fourth-order valence-electron chi connectivity index (χ4n) is 0.596. The van der Waals surface area contributed by atoms with Gasteiger partial charge in [0.25, 0.3) is 0 Å². The Morgan fingerprint density at radius 3 is 2.91 bits per heavy atom. The summed E-state index contributed by atoms with van der Waals surface area (Å²) < 4.78 is 10.3. The van der Waals surface area contributed by atoms with Gasteiger partial charge < -0.3 is 9.79 Å². The third kappa shape index (κ3) is 3.72. The molecule has 1 aliphatic rings. The average molecular weight is 193 g/mol. The topological polar surface area (TPSA) is 69.9 Å². The average Bonchev–Trinajstić information content (AvgIpc) is 2.32. The quantitative estimate of drug-likeness (QED) is 0.646. The van der Waals surface area contributed by atoms with Gasteiger partial charge in [-0.05, 0) is 5.41 Å². The molecule has 0 aromatic carbocycles. The van der Waals surface area contributed by atoms with Crippen molar-refractivity contribution >= 4 is 24.4 Å². The molecule has 0 bridgehead atoms. The molecular formula is C5H8NO3PS. The number of aliphatic imine (C=N–C) groups is 1. The molecule has 0 radical (unpaired) electrons. The second-order valence-electron chi connectivity index (χ2n) is 2.05. The highest BCUT2D eigenvalue weighted by atomic mass is 32.2. The van der Waals surface area contributed by atoms with E-state index in [0.717, 1.165) is 5.04 Å². The Hall–Kier alpha value is -0.0900. The molecule has 4 nitrogen and oxygen atoms in total. The van der Waals surface area contributed by atoms with Crippen molar-refractivity contribution in [3.8, 4) is 0 Å². The first-order valence-corrected chi connectivity index (χ1v) is 5.65. The molecule has 0 aromatic heterocycles. The lowest BCUT2D eigenvalue weighted by Gasteiger charge is -1.98. The van der Waals surface area contributed by atoms with Crippen LogP contribution in [0.15, 0.2) is 16.5 Å². The first-order valence-electron chi connectivity index (χ1n) is 2.97. The highest BCUT2D eigenvalue weighted by Gasteiger charge is 2.12. The van der Waals surface area contributed by atoms with E-state index < -0.39 is 13.9 Å². The highest BCUT2D eigenvalue weighted by molar-refractivity contribution is 8.16. The van der Waals surface area contributed by atoms with Crippen LogP contribution in [-0.4, -0.2) is 21.1 Å². The van der Waals surface area contributed by atoms with E-state index in [2.05, 4.69) is 4.99 Å². The number of thioether (sulfide) groups is 1. The van der Waals surface area contributed by atoms with E-state index in [0.29, 0.717) is 6.42 Å². The van der Waals surface area contributed by atoms with E-state index in [4.69, 9.17) is 9.79 Å². The molecule has 1 aliphatic heterocycles. The van der Waals surface area contributed by atoms with Gasteiger partial charge in [-0.3, -0.25) is 9.56 Å². The number of hydrogen-bond donors (Lipinski definition) is 2.